The molecule has 0 unspecified atom stereocenters. The van der Waals surface area contributed by atoms with Gasteiger partial charge in [0.25, 0.3) is 0 Å². The molecule has 1 saturated heterocycles. The summed E-state index contributed by atoms with van der Waals surface area (Å²) in [5.41, 5.74) is -1.22. The van der Waals surface area contributed by atoms with Crippen molar-refractivity contribution >= 4 is 5.97 Å². The van der Waals surface area contributed by atoms with Gasteiger partial charge in [0.2, 0.25) is 5.60 Å². The molecule has 0 aromatic rings. The minimum Gasteiger partial charge on any atom is -0.457 e. The zero-order valence-corrected chi connectivity index (χ0v) is 6.42. The number of hydrogen-bond donors (Lipinski definition) is 1. The minimum atomic E-state index is -1.22. The number of esters is 1. The number of carbonyl (C=O) groups excluding carboxylic acids is 1. The Hall–Kier alpha value is -0.570. The molecule has 0 aromatic carbocycles. The molecule has 1 heterocycles. The van der Waals surface area contributed by atoms with Crippen LogP contribution in [0.3, 0.4) is 0 Å². The molecular formula is C7H12O3. The normalized spacial score (nSPS) is 39.3. The van der Waals surface area contributed by atoms with E-state index in [1.807, 2.05) is 0 Å². The number of aliphatic hydroxyl groups is 1. The Bertz CT molecular complexity index is 157. The van der Waals surface area contributed by atoms with Gasteiger partial charge < -0.3 is 9.84 Å². The van der Waals surface area contributed by atoms with Gasteiger partial charge in [-0.3, -0.25) is 0 Å². The Balaban J connectivity index is 2.75. The van der Waals surface area contributed by atoms with Gasteiger partial charge in [-0.1, -0.05) is 13.8 Å². The van der Waals surface area contributed by atoms with E-state index < -0.39 is 11.6 Å². The Morgan fingerprint density at radius 1 is 1.70 bits per heavy atom. The van der Waals surface area contributed by atoms with Crippen molar-refractivity contribution in [3.8, 4) is 0 Å². The monoisotopic (exact) mass is 144 g/mol. The second-order valence-corrected chi connectivity index (χ2v) is 3.03. The topological polar surface area (TPSA) is 46.5 Å². The lowest BCUT2D eigenvalue weighted by Crippen LogP contribution is -2.64. The van der Waals surface area contributed by atoms with Gasteiger partial charge in [0, 0.05) is 0 Å². The Morgan fingerprint density at radius 2 is 2.20 bits per heavy atom. The molecule has 0 radical (unpaired) electrons. The van der Waals surface area contributed by atoms with Crippen LogP contribution < -0.4 is 0 Å². The summed E-state index contributed by atoms with van der Waals surface area (Å²) in [4.78, 5) is 10.7. The molecule has 1 fully saturated rings. The Labute approximate surface area is 60.0 Å². The summed E-state index contributed by atoms with van der Waals surface area (Å²) in [6.45, 7) is 5.30. The van der Waals surface area contributed by atoms with Crippen LogP contribution in [0, 0.1) is 5.92 Å². The quantitative estimate of drug-likeness (QED) is 0.539. The molecule has 58 valence electrons. The van der Waals surface area contributed by atoms with Crippen molar-refractivity contribution in [3.63, 3.8) is 0 Å². The highest BCUT2D eigenvalue weighted by atomic mass is 16.6. The fourth-order valence-electron chi connectivity index (χ4n) is 1.16. The first-order valence-corrected chi connectivity index (χ1v) is 3.43. The van der Waals surface area contributed by atoms with E-state index >= 15 is 0 Å². The molecule has 0 bridgehead atoms. The first-order chi connectivity index (χ1) is 4.49. The maximum Gasteiger partial charge on any atom is 0.342 e. The summed E-state index contributed by atoms with van der Waals surface area (Å²) in [5, 5.41) is 9.55. The smallest absolute Gasteiger partial charge is 0.342 e. The van der Waals surface area contributed by atoms with Crippen LogP contribution in [0.25, 0.3) is 0 Å². The molecule has 10 heavy (non-hydrogen) atoms. The van der Waals surface area contributed by atoms with Crippen LogP contribution in [0.5, 0.6) is 0 Å². The largest absolute Gasteiger partial charge is 0.457 e. The molecule has 0 spiro atoms. The molecule has 3 nitrogen and oxygen atoms in total. The van der Waals surface area contributed by atoms with E-state index in [1.54, 1.807) is 20.8 Å². The predicted octanol–water partition coefficient (Wildman–Crippen LogP) is 0.319. The van der Waals surface area contributed by atoms with Gasteiger partial charge in [-0.25, -0.2) is 4.79 Å². The predicted molar refractivity (Wildman–Crippen MR) is 35.3 cm³/mol. The number of rotatable bonds is 1. The van der Waals surface area contributed by atoms with Crippen molar-refractivity contribution in [2.45, 2.75) is 32.5 Å². The Morgan fingerprint density at radius 3 is 2.30 bits per heavy atom. The van der Waals surface area contributed by atoms with Crippen LogP contribution in [0.15, 0.2) is 0 Å². The minimum absolute atomic E-state index is 0.0660. The lowest BCUT2D eigenvalue weighted by molar-refractivity contribution is -0.235. The standard InChI is InChI=1S/C7H12O3/c1-4(2)7(9)5(3)10-6(7)8/h4-5,9H,1-3H3/t5-,7-/m0/s1. The molecule has 0 aromatic heterocycles. The highest BCUT2D eigenvalue weighted by Gasteiger charge is 2.56. The van der Waals surface area contributed by atoms with Gasteiger partial charge in [-0.2, -0.15) is 0 Å². The molecule has 1 rings (SSSR count). The molecule has 0 amide bonds. The second kappa shape index (κ2) is 1.95. The van der Waals surface area contributed by atoms with E-state index in [9.17, 15) is 9.90 Å². The van der Waals surface area contributed by atoms with Gasteiger partial charge in [-0.05, 0) is 12.8 Å². The van der Waals surface area contributed by atoms with Gasteiger partial charge in [0.1, 0.15) is 6.10 Å². The number of ether oxygens (including phenoxy) is 1. The fourth-order valence-corrected chi connectivity index (χ4v) is 1.16. The van der Waals surface area contributed by atoms with Gasteiger partial charge in [-0.15, -0.1) is 0 Å². The van der Waals surface area contributed by atoms with E-state index in [-0.39, 0.29) is 12.0 Å². The first-order valence-electron chi connectivity index (χ1n) is 3.43. The Kier molecular flexibility index (Phi) is 1.47. The molecule has 0 aliphatic carbocycles. The molecule has 1 aliphatic rings. The first kappa shape index (κ1) is 7.54. The van der Waals surface area contributed by atoms with Crippen molar-refractivity contribution in [3.05, 3.63) is 0 Å². The third-order valence-corrected chi connectivity index (χ3v) is 2.11. The summed E-state index contributed by atoms with van der Waals surface area (Å²) in [6, 6.07) is 0. The second-order valence-electron chi connectivity index (χ2n) is 3.03. The molecular weight excluding hydrogens is 132 g/mol. The van der Waals surface area contributed by atoms with Crippen LogP contribution in [-0.2, 0) is 9.53 Å². The maximum absolute atomic E-state index is 10.7. The van der Waals surface area contributed by atoms with Crippen molar-refractivity contribution in [1.29, 1.82) is 0 Å². The average Bonchev–Trinajstić information content (AvgIpc) is 1.86. The third kappa shape index (κ3) is 0.669. The molecule has 1 aliphatic heterocycles. The molecule has 2 atom stereocenters. The van der Waals surface area contributed by atoms with Crippen molar-refractivity contribution in [2.24, 2.45) is 5.92 Å². The van der Waals surface area contributed by atoms with E-state index in [0.29, 0.717) is 0 Å². The fraction of sp³-hybridized carbons (Fsp3) is 0.857. The summed E-state index contributed by atoms with van der Waals surface area (Å²) in [5.74, 6) is -0.557. The number of cyclic esters (lactones) is 1. The number of carbonyl (C=O) groups is 1. The lowest BCUT2D eigenvalue weighted by Gasteiger charge is -2.43. The summed E-state index contributed by atoms with van der Waals surface area (Å²) in [7, 11) is 0. The summed E-state index contributed by atoms with van der Waals surface area (Å²) >= 11 is 0. The average molecular weight is 144 g/mol. The molecule has 0 saturated carbocycles. The number of hydrogen-bond acceptors (Lipinski definition) is 3. The highest BCUT2D eigenvalue weighted by molar-refractivity contribution is 5.85. The highest BCUT2D eigenvalue weighted by Crippen LogP contribution is 2.33. The van der Waals surface area contributed by atoms with Crippen LogP contribution in [0.1, 0.15) is 20.8 Å². The van der Waals surface area contributed by atoms with E-state index in [1.165, 1.54) is 0 Å². The van der Waals surface area contributed by atoms with Crippen molar-refractivity contribution in [2.75, 3.05) is 0 Å². The zero-order valence-electron chi connectivity index (χ0n) is 6.42. The van der Waals surface area contributed by atoms with Crippen LogP contribution in [0.4, 0.5) is 0 Å². The summed E-state index contributed by atoms with van der Waals surface area (Å²) < 4.78 is 4.63. The van der Waals surface area contributed by atoms with Gasteiger partial charge in [0.15, 0.2) is 0 Å². The van der Waals surface area contributed by atoms with Crippen LogP contribution in [-0.4, -0.2) is 22.8 Å². The van der Waals surface area contributed by atoms with E-state index in [4.69, 9.17) is 0 Å². The van der Waals surface area contributed by atoms with E-state index in [2.05, 4.69) is 4.74 Å². The van der Waals surface area contributed by atoms with E-state index in [0.717, 1.165) is 0 Å². The SMILES string of the molecule is CC(C)[C@@]1(O)C(=O)O[C@H]1C. The lowest BCUT2D eigenvalue weighted by atomic mass is 9.81. The molecule has 3 heteroatoms. The van der Waals surface area contributed by atoms with Crippen LogP contribution >= 0.6 is 0 Å². The van der Waals surface area contributed by atoms with Gasteiger partial charge in [0.05, 0.1) is 0 Å². The van der Waals surface area contributed by atoms with Crippen molar-refractivity contribution < 1.29 is 14.6 Å². The van der Waals surface area contributed by atoms with Gasteiger partial charge >= 0.3 is 5.97 Å². The molecule has 1 N–H and O–H groups in total. The maximum atomic E-state index is 10.7. The van der Waals surface area contributed by atoms with Crippen LogP contribution in [0.2, 0.25) is 0 Å². The van der Waals surface area contributed by atoms with Crippen molar-refractivity contribution in [1.82, 2.24) is 0 Å². The zero-order chi connectivity index (χ0) is 7.94. The third-order valence-electron chi connectivity index (χ3n) is 2.11. The summed E-state index contributed by atoms with van der Waals surface area (Å²) in [6.07, 6.45) is -0.347.